The summed E-state index contributed by atoms with van der Waals surface area (Å²) in [6.07, 6.45) is 0. The summed E-state index contributed by atoms with van der Waals surface area (Å²) in [5.41, 5.74) is 0.598. The predicted molar refractivity (Wildman–Crippen MR) is 56.0 cm³/mol. The van der Waals surface area contributed by atoms with Crippen molar-refractivity contribution in [3.63, 3.8) is 0 Å². The van der Waals surface area contributed by atoms with Crippen molar-refractivity contribution in [3.05, 3.63) is 28.2 Å². The number of hydrogen-bond donors (Lipinski definition) is 0. The van der Waals surface area contributed by atoms with Gasteiger partial charge in [-0.25, -0.2) is 0 Å². The molecule has 1 aromatic rings. The number of nitrogens with zero attached hydrogens (tertiary/aromatic N) is 1. The van der Waals surface area contributed by atoms with Crippen LogP contribution in [0.4, 0.5) is 0 Å². The van der Waals surface area contributed by atoms with Crippen molar-refractivity contribution >= 4 is 15.9 Å². The Bertz CT molecular complexity index is 346. The molecule has 0 fully saturated rings. The van der Waals surface area contributed by atoms with E-state index < -0.39 is 0 Å². The SMILES string of the molecule is CCOCOc1ccc(C#N)cc1Br. The van der Waals surface area contributed by atoms with Gasteiger partial charge in [0.25, 0.3) is 0 Å². The number of rotatable bonds is 4. The first-order valence-electron chi connectivity index (χ1n) is 4.18. The van der Waals surface area contributed by atoms with E-state index in [9.17, 15) is 0 Å². The smallest absolute Gasteiger partial charge is 0.189 e. The second kappa shape index (κ2) is 5.63. The van der Waals surface area contributed by atoms with Gasteiger partial charge in [-0.1, -0.05) is 0 Å². The molecule has 4 heteroatoms. The van der Waals surface area contributed by atoms with Crippen LogP contribution in [0, 0.1) is 11.3 Å². The average Bonchev–Trinajstić information content (AvgIpc) is 2.20. The van der Waals surface area contributed by atoms with Gasteiger partial charge in [0.2, 0.25) is 0 Å². The third-order valence-corrected chi connectivity index (χ3v) is 2.18. The van der Waals surface area contributed by atoms with Crippen LogP contribution < -0.4 is 4.74 Å². The summed E-state index contributed by atoms with van der Waals surface area (Å²) in [6, 6.07) is 7.19. The predicted octanol–water partition coefficient (Wildman–Crippen LogP) is 2.69. The Morgan fingerprint density at radius 2 is 2.29 bits per heavy atom. The van der Waals surface area contributed by atoms with E-state index >= 15 is 0 Å². The molecule has 0 radical (unpaired) electrons. The van der Waals surface area contributed by atoms with Crippen molar-refractivity contribution in [2.45, 2.75) is 6.92 Å². The molecule has 0 spiro atoms. The summed E-state index contributed by atoms with van der Waals surface area (Å²) in [4.78, 5) is 0. The fraction of sp³-hybridized carbons (Fsp3) is 0.300. The molecule has 1 aromatic carbocycles. The van der Waals surface area contributed by atoms with Crippen molar-refractivity contribution in [1.82, 2.24) is 0 Å². The van der Waals surface area contributed by atoms with Crippen LogP contribution in [-0.2, 0) is 4.74 Å². The van der Waals surface area contributed by atoms with Crippen molar-refractivity contribution in [1.29, 1.82) is 5.26 Å². The molecule has 0 unspecified atom stereocenters. The van der Waals surface area contributed by atoms with Crippen molar-refractivity contribution < 1.29 is 9.47 Å². The Morgan fingerprint density at radius 1 is 1.50 bits per heavy atom. The van der Waals surface area contributed by atoms with E-state index in [1.54, 1.807) is 18.2 Å². The highest BCUT2D eigenvalue weighted by Gasteiger charge is 2.01. The zero-order valence-corrected chi connectivity index (χ0v) is 9.37. The van der Waals surface area contributed by atoms with Gasteiger partial charge in [-0.2, -0.15) is 5.26 Å². The Balaban J connectivity index is 2.65. The Kier molecular flexibility index (Phi) is 4.44. The minimum absolute atomic E-state index is 0.223. The van der Waals surface area contributed by atoms with Gasteiger partial charge < -0.3 is 9.47 Å². The summed E-state index contributed by atoms with van der Waals surface area (Å²) in [5, 5.41) is 8.63. The van der Waals surface area contributed by atoms with Crippen LogP contribution in [0.1, 0.15) is 12.5 Å². The maximum Gasteiger partial charge on any atom is 0.189 e. The molecule has 0 aliphatic rings. The van der Waals surface area contributed by atoms with E-state index in [0.29, 0.717) is 17.9 Å². The van der Waals surface area contributed by atoms with Gasteiger partial charge in [-0.3, -0.25) is 0 Å². The molecule has 0 bridgehead atoms. The maximum atomic E-state index is 8.63. The quantitative estimate of drug-likeness (QED) is 0.614. The van der Waals surface area contributed by atoms with Crippen molar-refractivity contribution in [2.24, 2.45) is 0 Å². The molecule has 0 saturated carbocycles. The minimum atomic E-state index is 0.223. The van der Waals surface area contributed by atoms with Gasteiger partial charge in [0.1, 0.15) is 5.75 Å². The second-order valence-corrected chi connectivity index (χ2v) is 3.37. The Labute approximate surface area is 91.4 Å². The van der Waals surface area contributed by atoms with E-state index in [1.165, 1.54) is 0 Å². The summed E-state index contributed by atoms with van der Waals surface area (Å²) >= 11 is 3.31. The number of hydrogen-bond acceptors (Lipinski definition) is 3. The molecule has 0 atom stereocenters. The molecule has 3 nitrogen and oxygen atoms in total. The molecular formula is C10H10BrNO2. The third-order valence-electron chi connectivity index (χ3n) is 1.56. The molecule has 0 N–H and O–H groups in total. The molecule has 0 amide bonds. The van der Waals surface area contributed by atoms with Crippen LogP contribution >= 0.6 is 15.9 Å². The lowest BCUT2D eigenvalue weighted by Crippen LogP contribution is -2.02. The van der Waals surface area contributed by atoms with Gasteiger partial charge >= 0.3 is 0 Å². The normalized spacial score (nSPS) is 9.50. The van der Waals surface area contributed by atoms with Crippen LogP contribution in [0.5, 0.6) is 5.75 Å². The molecule has 0 aliphatic carbocycles. The first kappa shape index (κ1) is 11.0. The molecule has 0 saturated heterocycles. The fourth-order valence-electron chi connectivity index (χ4n) is 0.876. The zero-order valence-electron chi connectivity index (χ0n) is 7.79. The highest BCUT2D eigenvalue weighted by atomic mass is 79.9. The standard InChI is InChI=1S/C10H10BrNO2/c1-2-13-7-14-10-4-3-8(6-12)5-9(10)11/h3-5H,2,7H2,1H3. The van der Waals surface area contributed by atoms with Gasteiger partial charge in [0, 0.05) is 6.61 Å². The highest BCUT2D eigenvalue weighted by Crippen LogP contribution is 2.25. The van der Waals surface area contributed by atoms with Gasteiger partial charge in [0.15, 0.2) is 6.79 Å². The summed E-state index contributed by atoms with van der Waals surface area (Å²) in [5.74, 6) is 0.678. The molecule has 1 rings (SSSR count). The first-order valence-corrected chi connectivity index (χ1v) is 4.97. The lowest BCUT2D eigenvalue weighted by Gasteiger charge is -2.07. The summed E-state index contributed by atoms with van der Waals surface area (Å²) < 4.78 is 11.1. The third kappa shape index (κ3) is 3.02. The van der Waals surface area contributed by atoms with E-state index in [-0.39, 0.29) is 6.79 Å². The number of halogens is 1. The van der Waals surface area contributed by atoms with Crippen LogP contribution in [-0.4, -0.2) is 13.4 Å². The number of benzene rings is 1. The largest absolute Gasteiger partial charge is 0.466 e. The topological polar surface area (TPSA) is 42.2 Å². The minimum Gasteiger partial charge on any atom is -0.466 e. The van der Waals surface area contributed by atoms with Crippen LogP contribution in [0.2, 0.25) is 0 Å². The van der Waals surface area contributed by atoms with Crippen molar-refractivity contribution in [2.75, 3.05) is 13.4 Å². The fourth-order valence-corrected chi connectivity index (χ4v) is 1.37. The van der Waals surface area contributed by atoms with E-state index in [4.69, 9.17) is 14.7 Å². The highest BCUT2D eigenvalue weighted by molar-refractivity contribution is 9.10. The summed E-state index contributed by atoms with van der Waals surface area (Å²) in [7, 11) is 0. The molecule has 14 heavy (non-hydrogen) atoms. The monoisotopic (exact) mass is 255 g/mol. The van der Waals surface area contributed by atoms with Gasteiger partial charge in [-0.05, 0) is 41.1 Å². The van der Waals surface area contributed by atoms with Crippen LogP contribution in [0.3, 0.4) is 0 Å². The lowest BCUT2D eigenvalue weighted by atomic mass is 10.2. The molecule has 74 valence electrons. The van der Waals surface area contributed by atoms with E-state index in [0.717, 1.165) is 4.47 Å². The van der Waals surface area contributed by atoms with Crippen molar-refractivity contribution in [3.8, 4) is 11.8 Å². The number of nitriles is 1. The second-order valence-electron chi connectivity index (χ2n) is 2.51. The maximum absolute atomic E-state index is 8.63. The Morgan fingerprint density at radius 3 is 2.86 bits per heavy atom. The van der Waals surface area contributed by atoms with E-state index in [2.05, 4.69) is 15.9 Å². The van der Waals surface area contributed by atoms with Crippen LogP contribution in [0.15, 0.2) is 22.7 Å². The zero-order chi connectivity index (χ0) is 10.4. The molecule has 0 aliphatic heterocycles. The van der Waals surface area contributed by atoms with Crippen LogP contribution in [0.25, 0.3) is 0 Å². The van der Waals surface area contributed by atoms with Gasteiger partial charge in [-0.15, -0.1) is 0 Å². The summed E-state index contributed by atoms with van der Waals surface area (Å²) in [6.45, 7) is 2.74. The average molecular weight is 256 g/mol. The number of ether oxygens (including phenoxy) is 2. The molecule has 0 aromatic heterocycles. The van der Waals surface area contributed by atoms with Gasteiger partial charge in [0.05, 0.1) is 16.1 Å². The lowest BCUT2D eigenvalue weighted by molar-refractivity contribution is 0.0219. The Hall–Kier alpha value is -1.05. The molecular weight excluding hydrogens is 246 g/mol. The van der Waals surface area contributed by atoms with E-state index in [1.807, 2.05) is 13.0 Å². The molecule has 0 heterocycles. The first-order chi connectivity index (χ1) is 6.77.